The highest BCUT2D eigenvalue weighted by molar-refractivity contribution is 9.10. The fourth-order valence-corrected chi connectivity index (χ4v) is 2.99. The third-order valence-corrected chi connectivity index (χ3v) is 4.05. The molecule has 0 bridgehead atoms. The lowest BCUT2D eigenvalue weighted by Gasteiger charge is -2.14. The first kappa shape index (κ1) is 13.3. The van der Waals surface area contributed by atoms with E-state index in [2.05, 4.69) is 57.2 Å². The molecule has 0 aliphatic carbocycles. The van der Waals surface area contributed by atoms with Crippen LogP contribution in [0.4, 0.5) is 11.8 Å². The largest absolute Gasteiger partial charge is 0.368 e. The van der Waals surface area contributed by atoms with Gasteiger partial charge in [-0.15, -0.1) is 11.3 Å². The molecule has 2 rings (SSSR count). The average molecular weight is 327 g/mol. The van der Waals surface area contributed by atoms with Gasteiger partial charge in [0.2, 0.25) is 5.95 Å². The van der Waals surface area contributed by atoms with Gasteiger partial charge in [0.15, 0.2) is 0 Å². The smallest absolute Gasteiger partial charge is 0.221 e. The van der Waals surface area contributed by atoms with E-state index in [4.69, 9.17) is 5.73 Å². The van der Waals surface area contributed by atoms with Crippen LogP contribution in [0.25, 0.3) is 0 Å². The molecule has 18 heavy (non-hydrogen) atoms. The molecule has 2 heterocycles. The molecule has 1 unspecified atom stereocenters. The van der Waals surface area contributed by atoms with Crippen LogP contribution in [0.5, 0.6) is 0 Å². The van der Waals surface area contributed by atoms with Crippen LogP contribution in [0.1, 0.15) is 16.7 Å². The third kappa shape index (κ3) is 3.43. The predicted molar refractivity (Wildman–Crippen MR) is 80.0 cm³/mol. The number of hydrogen-bond donors (Lipinski definition) is 2. The van der Waals surface area contributed by atoms with Crippen LogP contribution in [0.2, 0.25) is 0 Å². The van der Waals surface area contributed by atoms with Gasteiger partial charge in [-0.2, -0.15) is 4.98 Å². The predicted octanol–water partition coefficient (Wildman–Crippen LogP) is 3.23. The Bertz CT molecular complexity index is 541. The molecule has 4 nitrogen and oxygen atoms in total. The van der Waals surface area contributed by atoms with Crippen LogP contribution >= 0.6 is 27.3 Å². The Morgan fingerprint density at radius 3 is 2.94 bits per heavy atom. The number of aromatic nitrogens is 2. The van der Waals surface area contributed by atoms with Crippen molar-refractivity contribution in [3.05, 3.63) is 32.6 Å². The van der Waals surface area contributed by atoms with E-state index < -0.39 is 0 Å². The van der Waals surface area contributed by atoms with E-state index >= 15 is 0 Å². The molecule has 6 heteroatoms. The average Bonchev–Trinajstić information content (AvgIpc) is 2.69. The van der Waals surface area contributed by atoms with Gasteiger partial charge >= 0.3 is 0 Å². The summed E-state index contributed by atoms with van der Waals surface area (Å²) in [6, 6.07) is 4.60. The van der Waals surface area contributed by atoms with Crippen molar-refractivity contribution in [3.8, 4) is 0 Å². The van der Waals surface area contributed by atoms with Gasteiger partial charge in [-0.1, -0.05) is 0 Å². The zero-order valence-corrected chi connectivity index (χ0v) is 12.7. The minimum atomic E-state index is 0.278. The summed E-state index contributed by atoms with van der Waals surface area (Å²) in [6.45, 7) is 4.24. The monoisotopic (exact) mass is 326 g/mol. The van der Waals surface area contributed by atoms with E-state index in [0.29, 0.717) is 0 Å². The number of nitrogen functional groups attached to an aromatic ring is 1. The van der Waals surface area contributed by atoms with Crippen molar-refractivity contribution in [2.24, 2.45) is 0 Å². The Morgan fingerprint density at radius 2 is 2.28 bits per heavy atom. The Labute approximate surface area is 119 Å². The molecule has 3 N–H and O–H groups in total. The summed E-state index contributed by atoms with van der Waals surface area (Å²) in [6.07, 6.45) is 2.63. The van der Waals surface area contributed by atoms with Crippen LogP contribution in [-0.2, 0) is 6.42 Å². The summed E-state index contributed by atoms with van der Waals surface area (Å²) in [7, 11) is 0. The molecule has 0 spiro atoms. The summed E-state index contributed by atoms with van der Waals surface area (Å²) < 4.78 is 0.825. The number of halogens is 1. The molecule has 0 saturated carbocycles. The number of nitrogens with two attached hydrogens (primary N) is 1. The van der Waals surface area contributed by atoms with Gasteiger partial charge in [0.25, 0.3) is 0 Å². The molecule has 0 amide bonds. The lowest BCUT2D eigenvalue weighted by Crippen LogP contribution is -2.19. The maximum Gasteiger partial charge on any atom is 0.221 e. The number of nitrogens with one attached hydrogen (secondary N) is 1. The van der Waals surface area contributed by atoms with E-state index in [9.17, 15) is 0 Å². The summed E-state index contributed by atoms with van der Waals surface area (Å²) in [5.41, 5.74) is 5.58. The normalized spacial score (nSPS) is 12.4. The van der Waals surface area contributed by atoms with Crippen LogP contribution in [0.15, 0.2) is 22.8 Å². The van der Waals surface area contributed by atoms with Crippen LogP contribution < -0.4 is 11.1 Å². The topological polar surface area (TPSA) is 63.8 Å². The minimum absolute atomic E-state index is 0.278. The van der Waals surface area contributed by atoms with E-state index in [1.54, 1.807) is 6.20 Å². The molecule has 1 atom stereocenters. The number of rotatable bonds is 4. The van der Waals surface area contributed by atoms with Crippen LogP contribution in [0, 0.1) is 6.92 Å². The third-order valence-electron chi connectivity index (χ3n) is 2.45. The first-order chi connectivity index (χ1) is 8.54. The number of aryl methyl sites for hydroxylation is 1. The standard InChI is InChI=1S/C12H15BrN4S/c1-7(5-9-4-3-8(2)18-9)16-11-10(13)6-15-12(14)17-11/h3-4,6-7H,5H2,1-2H3,(H3,14,15,16,17). The molecule has 2 aromatic rings. The molecule has 0 fully saturated rings. The Kier molecular flexibility index (Phi) is 4.19. The van der Waals surface area contributed by atoms with Crippen molar-refractivity contribution in [2.75, 3.05) is 11.1 Å². The van der Waals surface area contributed by atoms with Crippen LogP contribution in [-0.4, -0.2) is 16.0 Å². The molecule has 96 valence electrons. The maximum absolute atomic E-state index is 5.58. The van der Waals surface area contributed by atoms with Gasteiger partial charge < -0.3 is 11.1 Å². The molecule has 0 aliphatic rings. The van der Waals surface area contributed by atoms with E-state index in [0.717, 1.165) is 16.7 Å². The number of thiophene rings is 1. The highest BCUT2D eigenvalue weighted by Crippen LogP contribution is 2.22. The Balaban J connectivity index is 2.02. The SMILES string of the molecule is Cc1ccc(CC(C)Nc2nc(N)ncc2Br)s1. The highest BCUT2D eigenvalue weighted by Gasteiger charge is 2.09. The van der Waals surface area contributed by atoms with E-state index in [1.165, 1.54) is 9.75 Å². The van der Waals surface area contributed by atoms with E-state index in [1.807, 2.05) is 11.3 Å². The van der Waals surface area contributed by atoms with Crippen molar-refractivity contribution in [3.63, 3.8) is 0 Å². The lowest BCUT2D eigenvalue weighted by molar-refractivity contribution is 0.793. The number of hydrogen-bond acceptors (Lipinski definition) is 5. The molecule has 0 saturated heterocycles. The number of nitrogens with zero attached hydrogens (tertiary/aromatic N) is 2. The molecular formula is C12H15BrN4S. The van der Waals surface area contributed by atoms with Crippen molar-refractivity contribution in [1.29, 1.82) is 0 Å². The Morgan fingerprint density at radius 1 is 1.50 bits per heavy atom. The summed E-state index contributed by atoms with van der Waals surface area (Å²) in [5, 5.41) is 3.34. The van der Waals surface area contributed by atoms with Gasteiger partial charge in [-0.25, -0.2) is 4.98 Å². The van der Waals surface area contributed by atoms with E-state index in [-0.39, 0.29) is 12.0 Å². The summed E-state index contributed by atoms with van der Waals surface area (Å²) in [4.78, 5) is 10.8. The molecule has 0 aliphatic heterocycles. The van der Waals surface area contributed by atoms with Crippen molar-refractivity contribution >= 4 is 39.0 Å². The minimum Gasteiger partial charge on any atom is -0.368 e. The van der Waals surface area contributed by atoms with Gasteiger partial charge in [0.05, 0.1) is 4.47 Å². The quantitative estimate of drug-likeness (QED) is 0.905. The summed E-state index contributed by atoms with van der Waals surface area (Å²) >= 11 is 5.23. The van der Waals surface area contributed by atoms with Gasteiger partial charge in [-0.3, -0.25) is 0 Å². The Hall–Kier alpha value is -1.14. The maximum atomic E-state index is 5.58. The number of anilines is 2. The van der Waals surface area contributed by atoms with Gasteiger partial charge in [0, 0.05) is 28.4 Å². The molecule has 2 aromatic heterocycles. The second-order valence-electron chi connectivity index (χ2n) is 4.19. The highest BCUT2D eigenvalue weighted by atomic mass is 79.9. The van der Waals surface area contributed by atoms with Crippen molar-refractivity contribution < 1.29 is 0 Å². The molecule has 0 aromatic carbocycles. The fraction of sp³-hybridized carbons (Fsp3) is 0.333. The second kappa shape index (κ2) is 5.67. The first-order valence-corrected chi connectivity index (χ1v) is 7.25. The second-order valence-corrected chi connectivity index (χ2v) is 6.41. The van der Waals surface area contributed by atoms with Crippen molar-refractivity contribution in [1.82, 2.24) is 9.97 Å². The lowest BCUT2D eigenvalue weighted by atomic mass is 10.2. The van der Waals surface area contributed by atoms with Crippen LogP contribution in [0.3, 0.4) is 0 Å². The molecule has 0 radical (unpaired) electrons. The first-order valence-electron chi connectivity index (χ1n) is 5.64. The zero-order chi connectivity index (χ0) is 13.1. The molecular weight excluding hydrogens is 312 g/mol. The summed E-state index contributed by atoms with van der Waals surface area (Å²) in [5.74, 6) is 1.02. The van der Waals surface area contributed by atoms with Gasteiger partial charge in [0.1, 0.15) is 5.82 Å². The van der Waals surface area contributed by atoms with Gasteiger partial charge in [-0.05, 0) is 41.9 Å². The fourth-order valence-electron chi connectivity index (χ4n) is 1.66. The van der Waals surface area contributed by atoms with Crippen molar-refractivity contribution in [2.45, 2.75) is 26.3 Å². The zero-order valence-electron chi connectivity index (χ0n) is 10.3.